The largest absolute Gasteiger partial charge is 0.381 e. The van der Waals surface area contributed by atoms with Crippen LogP contribution in [0.2, 0.25) is 0 Å². The highest BCUT2D eigenvalue weighted by Gasteiger charge is 2.29. The molecule has 1 amide bonds. The van der Waals surface area contributed by atoms with Gasteiger partial charge in [0.1, 0.15) is 0 Å². The number of rotatable bonds is 4. The Morgan fingerprint density at radius 3 is 2.95 bits per heavy atom. The van der Waals surface area contributed by atoms with Crippen molar-refractivity contribution in [2.24, 2.45) is 7.05 Å². The highest BCUT2D eigenvalue weighted by molar-refractivity contribution is 5.95. The van der Waals surface area contributed by atoms with E-state index >= 15 is 0 Å². The van der Waals surface area contributed by atoms with Gasteiger partial charge in [0.15, 0.2) is 0 Å². The van der Waals surface area contributed by atoms with E-state index in [0.29, 0.717) is 18.7 Å². The van der Waals surface area contributed by atoms with Crippen LogP contribution in [-0.4, -0.2) is 60.1 Å². The van der Waals surface area contributed by atoms with Crippen LogP contribution in [0.25, 0.3) is 0 Å². The lowest BCUT2D eigenvalue weighted by atomic mass is 10.0. The second-order valence-corrected chi connectivity index (χ2v) is 6.34. The molecule has 1 aromatic heterocycles. The van der Waals surface area contributed by atoms with E-state index in [1.165, 1.54) is 6.42 Å². The van der Waals surface area contributed by atoms with E-state index in [2.05, 4.69) is 5.10 Å². The summed E-state index contributed by atoms with van der Waals surface area (Å²) in [6, 6.07) is 0. The van der Waals surface area contributed by atoms with E-state index < -0.39 is 0 Å². The molecule has 1 aromatic rings. The van der Waals surface area contributed by atoms with Crippen molar-refractivity contribution in [2.75, 3.05) is 33.4 Å². The molecule has 2 aliphatic rings. The van der Waals surface area contributed by atoms with Gasteiger partial charge in [0.2, 0.25) is 0 Å². The van der Waals surface area contributed by atoms with Crippen LogP contribution < -0.4 is 0 Å². The second-order valence-electron chi connectivity index (χ2n) is 6.34. The Labute approximate surface area is 131 Å². The van der Waals surface area contributed by atoms with E-state index in [-0.39, 0.29) is 17.9 Å². The fraction of sp³-hybridized carbons (Fsp3) is 0.750. The van der Waals surface area contributed by atoms with Gasteiger partial charge in [-0.2, -0.15) is 5.10 Å². The van der Waals surface area contributed by atoms with Crippen molar-refractivity contribution in [3.63, 3.8) is 0 Å². The van der Waals surface area contributed by atoms with Crippen molar-refractivity contribution in [3.05, 3.63) is 17.5 Å². The topological polar surface area (TPSA) is 56.6 Å². The third-order valence-electron chi connectivity index (χ3n) is 4.50. The first-order valence-electron chi connectivity index (χ1n) is 8.13. The smallest absolute Gasteiger partial charge is 0.257 e. The summed E-state index contributed by atoms with van der Waals surface area (Å²) in [5.74, 6) is 0.267. The van der Waals surface area contributed by atoms with Gasteiger partial charge in [-0.05, 0) is 25.7 Å². The molecule has 3 rings (SSSR count). The Morgan fingerprint density at radius 1 is 1.41 bits per heavy atom. The van der Waals surface area contributed by atoms with Crippen molar-refractivity contribution in [3.8, 4) is 0 Å². The predicted octanol–water partition coefficient (Wildman–Crippen LogP) is 1.57. The van der Waals surface area contributed by atoms with Crippen LogP contribution in [0, 0.1) is 0 Å². The Balaban J connectivity index is 1.70. The van der Waals surface area contributed by atoms with Crippen molar-refractivity contribution in [1.29, 1.82) is 0 Å². The molecule has 0 aromatic carbocycles. The zero-order valence-corrected chi connectivity index (χ0v) is 13.5. The SMILES string of the molecule is CN(C[C@H]1CCCCO1)C(=O)c1cn(C)nc1[C@H]1CCOC1. The maximum atomic E-state index is 12.8. The average molecular weight is 307 g/mol. The molecule has 0 aliphatic carbocycles. The summed E-state index contributed by atoms with van der Waals surface area (Å²) in [6.45, 7) is 2.87. The monoisotopic (exact) mass is 307 g/mol. The van der Waals surface area contributed by atoms with E-state index in [1.54, 1.807) is 9.58 Å². The Bertz CT molecular complexity index is 517. The van der Waals surface area contributed by atoms with E-state index in [4.69, 9.17) is 9.47 Å². The summed E-state index contributed by atoms with van der Waals surface area (Å²) in [4.78, 5) is 14.6. The summed E-state index contributed by atoms with van der Waals surface area (Å²) in [7, 11) is 3.71. The Morgan fingerprint density at radius 2 is 2.27 bits per heavy atom. The lowest BCUT2D eigenvalue weighted by Crippen LogP contribution is -2.37. The first-order chi connectivity index (χ1) is 10.6. The van der Waals surface area contributed by atoms with Gasteiger partial charge in [0.05, 0.1) is 24.0 Å². The van der Waals surface area contributed by atoms with Gasteiger partial charge in [-0.1, -0.05) is 0 Å². The molecule has 0 saturated carbocycles. The summed E-state index contributed by atoms with van der Waals surface area (Å²) < 4.78 is 12.9. The zero-order chi connectivity index (χ0) is 15.5. The molecule has 6 heteroatoms. The van der Waals surface area contributed by atoms with Crippen molar-refractivity contribution < 1.29 is 14.3 Å². The zero-order valence-electron chi connectivity index (χ0n) is 13.5. The average Bonchev–Trinajstić information content (AvgIpc) is 3.16. The van der Waals surface area contributed by atoms with E-state index in [9.17, 15) is 4.79 Å². The van der Waals surface area contributed by atoms with Gasteiger partial charge >= 0.3 is 0 Å². The molecule has 2 fully saturated rings. The third-order valence-corrected chi connectivity index (χ3v) is 4.50. The predicted molar refractivity (Wildman–Crippen MR) is 81.9 cm³/mol. The molecular formula is C16H25N3O3. The fourth-order valence-electron chi connectivity index (χ4n) is 3.27. The molecule has 2 aliphatic heterocycles. The molecule has 122 valence electrons. The molecular weight excluding hydrogens is 282 g/mol. The van der Waals surface area contributed by atoms with Gasteiger partial charge in [-0.15, -0.1) is 0 Å². The third kappa shape index (κ3) is 3.33. The Kier molecular flexibility index (Phi) is 4.78. The number of amides is 1. The van der Waals surface area contributed by atoms with Crippen LogP contribution in [0.15, 0.2) is 6.20 Å². The number of aryl methyl sites for hydroxylation is 1. The van der Waals surface area contributed by atoms with Gasteiger partial charge < -0.3 is 14.4 Å². The van der Waals surface area contributed by atoms with Crippen molar-refractivity contribution in [1.82, 2.24) is 14.7 Å². The lowest BCUT2D eigenvalue weighted by molar-refractivity contribution is -0.000218. The molecule has 0 radical (unpaired) electrons. The molecule has 3 heterocycles. The standard InChI is InChI=1S/C16H25N3O3/c1-18(9-13-5-3-4-7-22-13)16(20)14-10-19(2)17-15(14)12-6-8-21-11-12/h10,12-13H,3-9,11H2,1-2H3/t12-,13+/m0/s1. The minimum Gasteiger partial charge on any atom is -0.381 e. The van der Waals surface area contributed by atoms with Crippen LogP contribution >= 0.6 is 0 Å². The van der Waals surface area contributed by atoms with Crippen molar-refractivity contribution >= 4 is 5.91 Å². The molecule has 2 atom stereocenters. The van der Waals surface area contributed by atoms with E-state index in [0.717, 1.165) is 38.2 Å². The molecule has 0 unspecified atom stereocenters. The van der Waals surface area contributed by atoms with Crippen LogP contribution in [0.3, 0.4) is 0 Å². The molecule has 22 heavy (non-hydrogen) atoms. The van der Waals surface area contributed by atoms with Crippen LogP contribution in [0.1, 0.15) is 47.7 Å². The number of likely N-dealkylation sites (N-methyl/N-ethyl adjacent to an activating group) is 1. The molecule has 6 nitrogen and oxygen atoms in total. The molecule has 2 saturated heterocycles. The number of nitrogens with zero attached hydrogens (tertiary/aromatic N) is 3. The maximum Gasteiger partial charge on any atom is 0.257 e. The lowest BCUT2D eigenvalue weighted by Gasteiger charge is -2.27. The summed E-state index contributed by atoms with van der Waals surface area (Å²) in [5.41, 5.74) is 1.58. The van der Waals surface area contributed by atoms with Gasteiger partial charge in [-0.25, -0.2) is 0 Å². The first kappa shape index (κ1) is 15.5. The van der Waals surface area contributed by atoms with Gasteiger partial charge in [0, 0.05) is 46.0 Å². The summed E-state index contributed by atoms with van der Waals surface area (Å²) >= 11 is 0. The number of carbonyl (C=O) groups is 1. The molecule has 0 bridgehead atoms. The normalized spacial score (nSPS) is 25.4. The Hall–Kier alpha value is -1.40. The summed E-state index contributed by atoms with van der Waals surface area (Å²) in [6.07, 6.45) is 6.28. The highest BCUT2D eigenvalue weighted by atomic mass is 16.5. The number of ether oxygens (including phenoxy) is 2. The summed E-state index contributed by atoms with van der Waals surface area (Å²) in [5, 5.41) is 4.50. The number of carbonyl (C=O) groups excluding carboxylic acids is 1. The van der Waals surface area contributed by atoms with Crippen molar-refractivity contribution in [2.45, 2.75) is 37.7 Å². The number of hydrogen-bond acceptors (Lipinski definition) is 4. The quantitative estimate of drug-likeness (QED) is 0.847. The fourth-order valence-corrected chi connectivity index (χ4v) is 3.27. The highest BCUT2D eigenvalue weighted by Crippen LogP contribution is 2.27. The van der Waals surface area contributed by atoms with Gasteiger partial charge in [0.25, 0.3) is 5.91 Å². The van der Waals surface area contributed by atoms with Crippen LogP contribution in [0.4, 0.5) is 0 Å². The van der Waals surface area contributed by atoms with E-state index in [1.807, 2.05) is 20.3 Å². The minimum absolute atomic E-state index is 0.0316. The maximum absolute atomic E-state index is 12.8. The first-order valence-corrected chi connectivity index (χ1v) is 8.13. The molecule has 0 N–H and O–H groups in total. The van der Waals surface area contributed by atoms with Gasteiger partial charge in [-0.3, -0.25) is 9.48 Å². The minimum atomic E-state index is 0.0316. The number of aromatic nitrogens is 2. The number of hydrogen-bond donors (Lipinski definition) is 0. The van der Waals surface area contributed by atoms with Crippen LogP contribution in [-0.2, 0) is 16.5 Å². The second kappa shape index (κ2) is 6.79. The molecule has 0 spiro atoms. The van der Waals surface area contributed by atoms with Crippen LogP contribution in [0.5, 0.6) is 0 Å².